The number of hydrogen-bond donors (Lipinski definition) is 1. The molecule has 11 heteroatoms. The SMILES string of the molecule is COc1ncc(C(=O)N2CCN(C(C)C(=O)Nc3ccc(Oc4ccc(F)cc4)cn3)CC2(C)C)cc1Br. The first-order valence-corrected chi connectivity index (χ1v) is 12.8. The van der Waals surface area contributed by atoms with E-state index in [0.717, 1.165) is 0 Å². The Kier molecular flexibility index (Phi) is 8.27. The summed E-state index contributed by atoms with van der Waals surface area (Å²) in [5.41, 5.74) is -0.0589. The van der Waals surface area contributed by atoms with E-state index in [1.54, 1.807) is 18.2 Å². The van der Waals surface area contributed by atoms with Crippen molar-refractivity contribution in [2.75, 3.05) is 32.1 Å². The standard InChI is InChI=1S/C27H29BrFN5O4/c1-17(24(35)32-23-10-9-21(15-30-23)38-20-7-5-19(29)6-8-20)33-11-12-34(27(2,3)16-33)26(36)18-13-22(28)25(37-4)31-14-18/h5-10,13-15,17H,11-12,16H2,1-4H3,(H,30,32,35). The summed E-state index contributed by atoms with van der Waals surface area (Å²) in [6, 6.07) is 10.2. The summed E-state index contributed by atoms with van der Waals surface area (Å²) in [7, 11) is 1.52. The Hall–Kier alpha value is -3.57. The molecular formula is C27H29BrFN5O4. The molecule has 0 aliphatic carbocycles. The number of nitrogens with zero attached hydrogens (tertiary/aromatic N) is 4. The predicted octanol–water partition coefficient (Wildman–Crippen LogP) is 4.74. The minimum atomic E-state index is -0.520. The third kappa shape index (κ3) is 6.28. The van der Waals surface area contributed by atoms with Crippen molar-refractivity contribution < 1.29 is 23.5 Å². The van der Waals surface area contributed by atoms with Crippen LogP contribution in [0.5, 0.6) is 17.4 Å². The van der Waals surface area contributed by atoms with Crippen molar-refractivity contribution in [1.29, 1.82) is 0 Å². The van der Waals surface area contributed by atoms with Gasteiger partial charge < -0.3 is 19.7 Å². The van der Waals surface area contributed by atoms with Gasteiger partial charge in [-0.2, -0.15) is 0 Å². The molecule has 1 aromatic carbocycles. The first-order chi connectivity index (χ1) is 18.1. The minimum absolute atomic E-state index is 0.130. The Morgan fingerprint density at radius 3 is 2.39 bits per heavy atom. The topological polar surface area (TPSA) is 96.9 Å². The smallest absolute Gasteiger partial charge is 0.255 e. The van der Waals surface area contributed by atoms with Crippen LogP contribution >= 0.6 is 15.9 Å². The summed E-state index contributed by atoms with van der Waals surface area (Å²) in [4.78, 5) is 38.6. The molecule has 3 heterocycles. The van der Waals surface area contributed by atoms with Crippen molar-refractivity contribution in [2.45, 2.75) is 32.4 Å². The number of rotatable bonds is 7. The maximum Gasteiger partial charge on any atom is 0.255 e. The van der Waals surface area contributed by atoms with Gasteiger partial charge in [0.25, 0.3) is 5.91 Å². The normalized spacial score (nSPS) is 16.0. The van der Waals surface area contributed by atoms with Gasteiger partial charge in [0.2, 0.25) is 11.8 Å². The van der Waals surface area contributed by atoms with Gasteiger partial charge in [-0.25, -0.2) is 14.4 Å². The highest BCUT2D eigenvalue weighted by atomic mass is 79.9. The van der Waals surface area contributed by atoms with Crippen LogP contribution in [0.3, 0.4) is 0 Å². The summed E-state index contributed by atoms with van der Waals surface area (Å²) in [5.74, 6) is 1.06. The maximum absolute atomic E-state index is 13.3. The number of ether oxygens (including phenoxy) is 2. The molecule has 1 N–H and O–H groups in total. The summed E-state index contributed by atoms with van der Waals surface area (Å²) in [6.45, 7) is 7.30. The first-order valence-electron chi connectivity index (χ1n) is 12.0. The van der Waals surface area contributed by atoms with Crippen molar-refractivity contribution >= 4 is 33.6 Å². The van der Waals surface area contributed by atoms with Crippen molar-refractivity contribution in [2.24, 2.45) is 0 Å². The van der Waals surface area contributed by atoms with Gasteiger partial charge in [-0.05, 0) is 79.2 Å². The van der Waals surface area contributed by atoms with Gasteiger partial charge in [0, 0.05) is 25.8 Å². The van der Waals surface area contributed by atoms with Gasteiger partial charge >= 0.3 is 0 Å². The number of carbonyl (C=O) groups is 2. The van der Waals surface area contributed by atoms with Crippen molar-refractivity contribution in [1.82, 2.24) is 19.8 Å². The average molecular weight is 586 g/mol. The van der Waals surface area contributed by atoms with E-state index in [1.165, 1.54) is 43.8 Å². The van der Waals surface area contributed by atoms with Gasteiger partial charge in [0.05, 0.1) is 34.9 Å². The van der Waals surface area contributed by atoms with Crippen molar-refractivity contribution in [3.63, 3.8) is 0 Å². The molecule has 0 saturated carbocycles. The van der Waals surface area contributed by atoms with E-state index in [4.69, 9.17) is 9.47 Å². The van der Waals surface area contributed by atoms with Crippen LogP contribution in [0.2, 0.25) is 0 Å². The summed E-state index contributed by atoms with van der Waals surface area (Å²) in [5, 5.41) is 2.84. The monoisotopic (exact) mass is 585 g/mol. The molecule has 0 spiro atoms. The third-order valence-electron chi connectivity index (χ3n) is 6.39. The molecule has 0 bridgehead atoms. The fourth-order valence-electron chi connectivity index (χ4n) is 4.30. The number of piperazine rings is 1. The lowest BCUT2D eigenvalue weighted by Crippen LogP contribution is -2.63. The lowest BCUT2D eigenvalue weighted by atomic mass is 9.96. The van der Waals surface area contributed by atoms with E-state index in [0.29, 0.717) is 52.9 Å². The van der Waals surface area contributed by atoms with Crippen molar-refractivity contribution in [3.8, 4) is 17.4 Å². The Balaban J connectivity index is 1.35. The van der Waals surface area contributed by atoms with E-state index in [1.807, 2.05) is 30.6 Å². The number of aromatic nitrogens is 2. The average Bonchev–Trinajstić information content (AvgIpc) is 2.89. The van der Waals surface area contributed by atoms with Crippen LogP contribution in [0.25, 0.3) is 0 Å². The highest BCUT2D eigenvalue weighted by Crippen LogP contribution is 2.28. The Morgan fingerprint density at radius 2 is 1.79 bits per heavy atom. The van der Waals surface area contributed by atoms with Crippen LogP contribution in [0.15, 0.2) is 59.3 Å². The molecule has 9 nitrogen and oxygen atoms in total. The summed E-state index contributed by atoms with van der Waals surface area (Å²) in [6.07, 6.45) is 3.00. The lowest BCUT2D eigenvalue weighted by Gasteiger charge is -2.48. The predicted molar refractivity (Wildman–Crippen MR) is 144 cm³/mol. The number of anilines is 1. The molecule has 1 fully saturated rings. The molecule has 4 rings (SSSR count). The fourth-order valence-corrected chi connectivity index (χ4v) is 4.81. The third-order valence-corrected chi connectivity index (χ3v) is 6.96. The Bertz CT molecular complexity index is 1300. The molecule has 38 heavy (non-hydrogen) atoms. The lowest BCUT2D eigenvalue weighted by molar-refractivity contribution is -0.122. The van der Waals surface area contributed by atoms with Crippen LogP contribution in [0.4, 0.5) is 10.2 Å². The van der Waals surface area contributed by atoms with Gasteiger partial charge in [-0.1, -0.05) is 0 Å². The zero-order valence-electron chi connectivity index (χ0n) is 21.6. The minimum Gasteiger partial charge on any atom is -0.480 e. The Labute approximate surface area is 229 Å². The van der Waals surface area contributed by atoms with Gasteiger partial charge in [0.1, 0.15) is 23.1 Å². The van der Waals surface area contributed by atoms with E-state index in [2.05, 4.69) is 31.2 Å². The summed E-state index contributed by atoms with van der Waals surface area (Å²) >= 11 is 3.39. The van der Waals surface area contributed by atoms with Crippen LogP contribution in [-0.2, 0) is 4.79 Å². The fraction of sp³-hybridized carbons (Fsp3) is 0.333. The molecule has 0 radical (unpaired) electrons. The number of halogens is 2. The maximum atomic E-state index is 13.3. The number of benzene rings is 1. The van der Waals surface area contributed by atoms with Crippen LogP contribution in [0, 0.1) is 5.82 Å². The van der Waals surface area contributed by atoms with E-state index in [-0.39, 0.29) is 17.6 Å². The van der Waals surface area contributed by atoms with Gasteiger partial charge in [-0.15, -0.1) is 0 Å². The number of pyridine rings is 2. The van der Waals surface area contributed by atoms with Gasteiger partial charge in [0.15, 0.2) is 0 Å². The van der Waals surface area contributed by atoms with Crippen LogP contribution in [0.1, 0.15) is 31.1 Å². The van der Waals surface area contributed by atoms with Crippen molar-refractivity contribution in [3.05, 3.63) is 70.7 Å². The number of methoxy groups -OCH3 is 1. The highest BCUT2D eigenvalue weighted by molar-refractivity contribution is 9.10. The second kappa shape index (κ2) is 11.4. The summed E-state index contributed by atoms with van der Waals surface area (Å²) < 4.78 is 24.5. The quantitative estimate of drug-likeness (QED) is 0.427. The number of carbonyl (C=O) groups excluding carboxylic acids is 2. The van der Waals surface area contributed by atoms with Crippen LogP contribution in [-0.4, -0.2) is 69.9 Å². The number of amides is 2. The molecule has 2 aromatic heterocycles. The largest absolute Gasteiger partial charge is 0.480 e. The first kappa shape index (κ1) is 27.5. The second-order valence-corrected chi connectivity index (χ2v) is 10.4. The zero-order chi connectivity index (χ0) is 27.4. The molecular weight excluding hydrogens is 557 g/mol. The highest BCUT2D eigenvalue weighted by Gasteiger charge is 2.39. The van der Waals surface area contributed by atoms with E-state index < -0.39 is 11.6 Å². The molecule has 1 saturated heterocycles. The Morgan fingerprint density at radius 1 is 1.08 bits per heavy atom. The molecule has 1 aliphatic rings. The molecule has 200 valence electrons. The van der Waals surface area contributed by atoms with Gasteiger partial charge in [-0.3, -0.25) is 14.5 Å². The van der Waals surface area contributed by atoms with E-state index in [9.17, 15) is 14.0 Å². The second-order valence-electron chi connectivity index (χ2n) is 9.56. The molecule has 1 atom stereocenters. The molecule has 1 unspecified atom stereocenters. The number of nitrogens with one attached hydrogen (secondary N) is 1. The van der Waals surface area contributed by atoms with E-state index >= 15 is 0 Å². The van der Waals surface area contributed by atoms with Crippen LogP contribution < -0.4 is 14.8 Å². The molecule has 2 amide bonds. The number of hydrogen-bond acceptors (Lipinski definition) is 7. The zero-order valence-corrected chi connectivity index (χ0v) is 23.2. The molecule has 3 aromatic rings. The molecule has 1 aliphatic heterocycles.